The molecular weight excluding hydrogens is 220 g/mol. The highest BCUT2D eigenvalue weighted by Crippen LogP contribution is 2.19. The summed E-state index contributed by atoms with van der Waals surface area (Å²) in [5.41, 5.74) is 0. The molecule has 2 amide bonds. The Morgan fingerprint density at radius 1 is 1.18 bits per heavy atom. The number of nitrogens with one attached hydrogen (secondary N) is 2. The molecule has 17 heavy (non-hydrogen) atoms. The van der Waals surface area contributed by atoms with Crippen molar-refractivity contribution >= 4 is 11.8 Å². The van der Waals surface area contributed by atoms with Crippen LogP contribution >= 0.6 is 0 Å². The monoisotopic (exact) mass is 242 g/mol. The Bertz CT molecular complexity index is 250. The molecule has 1 aliphatic heterocycles. The first-order valence-electron chi connectivity index (χ1n) is 6.27. The van der Waals surface area contributed by atoms with Crippen molar-refractivity contribution in [1.29, 1.82) is 0 Å². The number of hydrogen-bond donors (Lipinski definition) is 2. The van der Waals surface area contributed by atoms with E-state index in [4.69, 9.17) is 4.74 Å². The lowest BCUT2D eigenvalue weighted by molar-refractivity contribution is -0.122. The van der Waals surface area contributed by atoms with Crippen LogP contribution in [0, 0.1) is 5.92 Å². The fourth-order valence-electron chi connectivity index (χ4n) is 1.90. The summed E-state index contributed by atoms with van der Waals surface area (Å²) in [6.07, 6.45) is 3.65. The van der Waals surface area contributed by atoms with Crippen molar-refractivity contribution in [2.45, 2.75) is 32.6 Å². The van der Waals surface area contributed by atoms with E-state index in [0.29, 0.717) is 25.4 Å². The molecule has 1 heterocycles. The van der Waals surface area contributed by atoms with Gasteiger partial charge in [0.15, 0.2) is 0 Å². The summed E-state index contributed by atoms with van der Waals surface area (Å²) in [6.45, 7) is 4.13. The number of amides is 2. The minimum atomic E-state index is -0.0681. The Morgan fingerprint density at radius 3 is 2.47 bits per heavy atom. The Balaban J connectivity index is 1.98. The van der Waals surface area contributed by atoms with Gasteiger partial charge < -0.3 is 15.4 Å². The van der Waals surface area contributed by atoms with E-state index >= 15 is 0 Å². The molecule has 0 radical (unpaired) electrons. The molecule has 0 aromatic heterocycles. The molecule has 0 saturated carbocycles. The first kappa shape index (κ1) is 14.0. The maximum atomic E-state index is 11.5. The van der Waals surface area contributed by atoms with Crippen LogP contribution in [0.4, 0.5) is 0 Å². The standard InChI is InChI=1S/C12H22N2O3/c1-10(15)13-6-7-14-12(16)3-2-11-4-8-17-9-5-11/h11H,2-9H2,1H3,(H,13,15)(H,14,16). The molecule has 1 fully saturated rings. The van der Waals surface area contributed by atoms with E-state index in [9.17, 15) is 9.59 Å². The van der Waals surface area contributed by atoms with E-state index < -0.39 is 0 Å². The lowest BCUT2D eigenvalue weighted by Crippen LogP contribution is -2.33. The zero-order valence-electron chi connectivity index (χ0n) is 10.5. The second-order valence-electron chi connectivity index (χ2n) is 4.43. The van der Waals surface area contributed by atoms with Crippen molar-refractivity contribution in [2.24, 2.45) is 5.92 Å². The first-order valence-corrected chi connectivity index (χ1v) is 6.27. The van der Waals surface area contributed by atoms with E-state index in [-0.39, 0.29) is 11.8 Å². The van der Waals surface area contributed by atoms with Crippen LogP contribution in [0.5, 0.6) is 0 Å². The molecule has 2 N–H and O–H groups in total. The van der Waals surface area contributed by atoms with Crippen LogP contribution in [0.25, 0.3) is 0 Å². The third kappa shape index (κ3) is 6.94. The van der Waals surface area contributed by atoms with Crippen molar-refractivity contribution in [2.75, 3.05) is 26.3 Å². The number of carbonyl (C=O) groups excluding carboxylic acids is 2. The Hall–Kier alpha value is -1.10. The summed E-state index contributed by atoms with van der Waals surface area (Å²) in [7, 11) is 0. The number of carbonyl (C=O) groups is 2. The number of rotatable bonds is 6. The molecule has 5 nitrogen and oxygen atoms in total. The minimum Gasteiger partial charge on any atom is -0.381 e. The van der Waals surface area contributed by atoms with Gasteiger partial charge >= 0.3 is 0 Å². The van der Waals surface area contributed by atoms with Crippen molar-refractivity contribution in [1.82, 2.24) is 10.6 Å². The fourth-order valence-corrected chi connectivity index (χ4v) is 1.90. The molecule has 1 saturated heterocycles. The summed E-state index contributed by atoms with van der Waals surface area (Å²) < 4.78 is 5.27. The average molecular weight is 242 g/mol. The Labute approximate surface area is 102 Å². The molecule has 1 rings (SSSR count). The number of ether oxygens (including phenoxy) is 1. The van der Waals surface area contributed by atoms with Crippen molar-refractivity contribution < 1.29 is 14.3 Å². The molecule has 0 unspecified atom stereocenters. The van der Waals surface area contributed by atoms with E-state index in [1.54, 1.807) is 0 Å². The van der Waals surface area contributed by atoms with Gasteiger partial charge in [0.25, 0.3) is 0 Å². The maximum Gasteiger partial charge on any atom is 0.220 e. The summed E-state index contributed by atoms with van der Waals surface area (Å²) in [5.74, 6) is 0.633. The first-order chi connectivity index (χ1) is 8.18. The molecule has 0 aliphatic carbocycles. The smallest absolute Gasteiger partial charge is 0.220 e. The zero-order chi connectivity index (χ0) is 12.5. The van der Waals surface area contributed by atoms with E-state index in [0.717, 1.165) is 32.5 Å². The molecule has 0 atom stereocenters. The SMILES string of the molecule is CC(=O)NCCNC(=O)CCC1CCOCC1. The van der Waals surface area contributed by atoms with Gasteiger partial charge in [-0.2, -0.15) is 0 Å². The van der Waals surface area contributed by atoms with Crippen molar-refractivity contribution in [3.05, 3.63) is 0 Å². The predicted octanol–water partition coefficient (Wildman–Crippen LogP) is 0.445. The van der Waals surface area contributed by atoms with Gasteiger partial charge in [-0.15, -0.1) is 0 Å². The molecule has 0 aromatic rings. The molecule has 98 valence electrons. The lowest BCUT2D eigenvalue weighted by Gasteiger charge is -2.21. The van der Waals surface area contributed by atoms with Gasteiger partial charge in [-0.3, -0.25) is 9.59 Å². The third-order valence-corrected chi connectivity index (χ3v) is 2.94. The lowest BCUT2D eigenvalue weighted by atomic mass is 9.95. The van der Waals surface area contributed by atoms with Crippen LogP contribution in [0.2, 0.25) is 0 Å². The Morgan fingerprint density at radius 2 is 1.82 bits per heavy atom. The van der Waals surface area contributed by atoms with Gasteiger partial charge in [0.2, 0.25) is 11.8 Å². The third-order valence-electron chi connectivity index (χ3n) is 2.94. The van der Waals surface area contributed by atoms with Crippen molar-refractivity contribution in [3.8, 4) is 0 Å². The highest BCUT2D eigenvalue weighted by molar-refractivity contribution is 5.76. The van der Waals surface area contributed by atoms with Gasteiger partial charge in [0.1, 0.15) is 0 Å². The predicted molar refractivity (Wildman–Crippen MR) is 64.5 cm³/mol. The van der Waals surface area contributed by atoms with Crippen LogP contribution in [-0.4, -0.2) is 38.1 Å². The molecule has 5 heteroatoms. The fraction of sp³-hybridized carbons (Fsp3) is 0.833. The maximum absolute atomic E-state index is 11.5. The average Bonchev–Trinajstić information content (AvgIpc) is 2.33. The van der Waals surface area contributed by atoms with Crippen LogP contribution in [0.3, 0.4) is 0 Å². The van der Waals surface area contributed by atoms with E-state index in [2.05, 4.69) is 10.6 Å². The summed E-state index contributed by atoms with van der Waals surface area (Å²) in [6, 6.07) is 0. The van der Waals surface area contributed by atoms with Crippen LogP contribution in [0.1, 0.15) is 32.6 Å². The van der Waals surface area contributed by atoms with Gasteiger partial charge in [0.05, 0.1) is 0 Å². The summed E-state index contributed by atoms with van der Waals surface area (Å²) in [4.78, 5) is 22.1. The van der Waals surface area contributed by atoms with Crippen molar-refractivity contribution in [3.63, 3.8) is 0 Å². The van der Waals surface area contributed by atoms with Gasteiger partial charge in [-0.05, 0) is 25.2 Å². The second-order valence-corrected chi connectivity index (χ2v) is 4.43. The molecular formula is C12H22N2O3. The molecule has 0 aromatic carbocycles. The van der Waals surface area contributed by atoms with Crippen LogP contribution in [0.15, 0.2) is 0 Å². The minimum absolute atomic E-state index is 0.0681. The topological polar surface area (TPSA) is 67.4 Å². The highest BCUT2D eigenvalue weighted by atomic mass is 16.5. The van der Waals surface area contributed by atoms with Crippen LogP contribution < -0.4 is 10.6 Å². The largest absolute Gasteiger partial charge is 0.381 e. The molecule has 0 spiro atoms. The molecule has 0 bridgehead atoms. The quantitative estimate of drug-likeness (QED) is 0.664. The zero-order valence-corrected chi connectivity index (χ0v) is 10.5. The van der Waals surface area contributed by atoms with E-state index in [1.165, 1.54) is 6.92 Å². The van der Waals surface area contributed by atoms with Gasteiger partial charge in [-0.1, -0.05) is 0 Å². The van der Waals surface area contributed by atoms with Gasteiger partial charge in [-0.25, -0.2) is 0 Å². The second kappa shape index (κ2) is 8.06. The van der Waals surface area contributed by atoms with Crippen LogP contribution in [-0.2, 0) is 14.3 Å². The summed E-state index contributed by atoms with van der Waals surface area (Å²) in [5, 5.41) is 5.43. The highest BCUT2D eigenvalue weighted by Gasteiger charge is 2.14. The number of hydrogen-bond acceptors (Lipinski definition) is 3. The molecule has 1 aliphatic rings. The summed E-state index contributed by atoms with van der Waals surface area (Å²) >= 11 is 0. The Kier molecular flexibility index (Phi) is 6.62. The van der Waals surface area contributed by atoms with Gasteiger partial charge in [0, 0.05) is 39.6 Å². The normalized spacial score (nSPS) is 16.5. The van der Waals surface area contributed by atoms with E-state index in [1.807, 2.05) is 0 Å².